The van der Waals surface area contributed by atoms with E-state index in [1.54, 1.807) is 0 Å². The minimum absolute atomic E-state index is 0.207. The Kier molecular flexibility index (Phi) is 3.87. The molecule has 2 rings (SSSR count). The van der Waals surface area contributed by atoms with Crippen molar-refractivity contribution in [3.05, 3.63) is 0 Å². The van der Waals surface area contributed by atoms with Gasteiger partial charge in [0, 0.05) is 12.1 Å². The number of sulfone groups is 1. The van der Waals surface area contributed by atoms with Gasteiger partial charge in [-0.1, -0.05) is 0 Å². The van der Waals surface area contributed by atoms with E-state index in [2.05, 4.69) is 17.3 Å². The van der Waals surface area contributed by atoms with E-state index in [-0.39, 0.29) is 6.04 Å². The molecule has 0 aromatic carbocycles. The molecule has 94 valence electrons. The monoisotopic (exact) mass is 246 g/mol. The number of nitrogens with one attached hydrogen (secondary N) is 1. The van der Waals surface area contributed by atoms with Crippen molar-refractivity contribution in [3.8, 4) is 0 Å². The summed E-state index contributed by atoms with van der Waals surface area (Å²) in [5.74, 6) is 0.719. The zero-order valence-corrected chi connectivity index (χ0v) is 10.8. The van der Waals surface area contributed by atoms with Gasteiger partial charge >= 0.3 is 0 Å². The van der Waals surface area contributed by atoms with Crippen LogP contribution in [-0.4, -0.2) is 57.0 Å². The van der Waals surface area contributed by atoms with Crippen LogP contribution in [0.15, 0.2) is 0 Å². The third kappa shape index (κ3) is 3.43. The maximum absolute atomic E-state index is 11.4. The molecule has 0 bridgehead atoms. The van der Waals surface area contributed by atoms with Crippen LogP contribution >= 0.6 is 0 Å². The molecule has 0 aliphatic carbocycles. The molecule has 0 radical (unpaired) electrons. The van der Waals surface area contributed by atoms with Gasteiger partial charge < -0.3 is 10.2 Å². The lowest BCUT2D eigenvalue weighted by molar-refractivity contribution is 0.340. The smallest absolute Gasteiger partial charge is 0.151 e. The van der Waals surface area contributed by atoms with E-state index in [0.29, 0.717) is 17.5 Å². The zero-order chi connectivity index (χ0) is 11.6. The fraction of sp³-hybridized carbons (Fsp3) is 1.00. The Labute approximate surface area is 98.3 Å². The Morgan fingerprint density at radius 1 is 1.12 bits per heavy atom. The fourth-order valence-corrected chi connectivity index (χ4v) is 4.35. The van der Waals surface area contributed by atoms with Gasteiger partial charge in [0.15, 0.2) is 9.84 Å². The fourth-order valence-electron chi connectivity index (χ4n) is 2.67. The number of hydrogen-bond donors (Lipinski definition) is 1. The molecular formula is C11H22N2O2S. The molecule has 0 aromatic rings. The van der Waals surface area contributed by atoms with E-state index in [0.717, 1.165) is 19.4 Å². The Hall–Kier alpha value is -0.130. The van der Waals surface area contributed by atoms with E-state index in [9.17, 15) is 8.42 Å². The second-order valence-corrected chi connectivity index (χ2v) is 7.43. The zero-order valence-electron chi connectivity index (χ0n) is 9.98. The molecule has 0 spiro atoms. The van der Waals surface area contributed by atoms with Crippen molar-refractivity contribution in [2.75, 3.05) is 31.6 Å². The molecule has 2 unspecified atom stereocenters. The molecule has 0 saturated carbocycles. The average Bonchev–Trinajstić information content (AvgIpc) is 2.41. The van der Waals surface area contributed by atoms with Crippen molar-refractivity contribution in [2.45, 2.75) is 37.8 Å². The van der Waals surface area contributed by atoms with Crippen molar-refractivity contribution in [3.63, 3.8) is 0 Å². The number of likely N-dealkylation sites (tertiary alicyclic amines) is 1. The van der Waals surface area contributed by atoms with Crippen LogP contribution in [-0.2, 0) is 9.84 Å². The topological polar surface area (TPSA) is 49.4 Å². The highest BCUT2D eigenvalue weighted by atomic mass is 32.2. The highest BCUT2D eigenvalue weighted by molar-refractivity contribution is 7.91. The molecule has 2 atom stereocenters. The van der Waals surface area contributed by atoms with Crippen molar-refractivity contribution in [1.29, 1.82) is 0 Å². The standard InChI is InChI=1S/C11H22N2O2S/c1-13-6-2-3-10(4-7-13)12-11-5-8-16(14,15)9-11/h10-12H,2-9H2,1H3. The van der Waals surface area contributed by atoms with Gasteiger partial charge in [-0.15, -0.1) is 0 Å². The summed E-state index contributed by atoms with van der Waals surface area (Å²) in [7, 11) is -0.584. The van der Waals surface area contributed by atoms with Crippen LogP contribution in [0.1, 0.15) is 25.7 Å². The quantitative estimate of drug-likeness (QED) is 0.759. The third-order valence-electron chi connectivity index (χ3n) is 3.66. The lowest BCUT2D eigenvalue weighted by Crippen LogP contribution is -2.39. The van der Waals surface area contributed by atoms with Crippen LogP contribution in [0.25, 0.3) is 0 Å². The Balaban J connectivity index is 1.81. The van der Waals surface area contributed by atoms with E-state index in [1.165, 1.54) is 19.4 Å². The van der Waals surface area contributed by atoms with Crippen molar-refractivity contribution in [2.24, 2.45) is 0 Å². The van der Waals surface area contributed by atoms with E-state index in [1.807, 2.05) is 0 Å². The van der Waals surface area contributed by atoms with Gasteiger partial charge in [0.2, 0.25) is 0 Å². The maximum atomic E-state index is 11.4. The first-order chi connectivity index (χ1) is 7.55. The molecule has 2 aliphatic heterocycles. The summed E-state index contributed by atoms with van der Waals surface area (Å²) in [6.07, 6.45) is 4.34. The first-order valence-electron chi connectivity index (χ1n) is 6.20. The molecule has 0 amide bonds. The van der Waals surface area contributed by atoms with Crippen LogP contribution in [0, 0.1) is 0 Å². The van der Waals surface area contributed by atoms with Gasteiger partial charge in [-0.2, -0.15) is 0 Å². The molecule has 2 saturated heterocycles. The van der Waals surface area contributed by atoms with E-state index in [4.69, 9.17) is 0 Å². The first kappa shape index (κ1) is 12.3. The SMILES string of the molecule is CN1CCCC(NC2CCS(=O)(=O)C2)CC1. The van der Waals surface area contributed by atoms with Crippen molar-refractivity contribution in [1.82, 2.24) is 10.2 Å². The van der Waals surface area contributed by atoms with Crippen LogP contribution in [0.5, 0.6) is 0 Å². The Morgan fingerprint density at radius 2 is 1.94 bits per heavy atom. The average molecular weight is 246 g/mol. The number of hydrogen-bond acceptors (Lipinski definition) is 4. The predicted octanol–water partition coefficient (Wildman–Crippen LogP) is 0.247. The van der Waals surface area contributed by atoms with Gasteiger partial charge in [-0.3, -0.25) is 0 Å². The van der Waals surface area contributed by atoms with Crippen LogP contribution in [0.2, 0.25) is 0 Å². The Morgan fingerprint density at radius 3 is 2.62 bits per heavy atom. The summed E-state index contributed by atoms with van der Waals surface area (Å²) in [6.45, 7) is 2.29. The summed E-state index contributed by atoms with van der Waals surface area (Å²) in [4.78, 5) is 2.35. The normalized spacial score (nSPS) is 36.1. The van der Waals surface area contributed by atoms with Crippen molar-refractivity contribution < 1.29 is 8.42 Å². The number of rotatable bonds is 2. The minimum Gasteiger partial charge on any atom is -0.310 e. The molecule has 5 heteroatoms. The van der Waals surface area contributed by atoms with Gasteiger partial charge in [0.05, 0.1) is 11.5 Å². The molecule has 2 aliphatic rings. The molecule has 16 heavy (non-hydrogen) atoms. The highest BCUT2D eigenvalue weighted by Crippen LogP contribution is 2.16. The van der Waals surface area contributed by atoms with Gasteiger partial charge in [-0.25, -0.2) is 8.42 Å². The summed E-state index contributed by atoms with van der Waals surface area (Å²) in [6, 6.07) is 0.724. The maximum Gasteiger partial charge on any atom is 0.151 e. The van der Waals surface area contributed by atoms with Gasteiger partial charge in [0.1, 0.15) is 0 Å². The minimum atomic E-state index is -2.74. The molecule has 2 heterocycles. The summed E-state index contributed by atoms with van der Waals surface area (Å²) in [5, 5.41) is 3.53. The second-order valence-electron chi connectivity index (χ2n) is 5.20. The van der Waals surface area contributed by atoms with Crippen LogP contribution in [0.3, 0.4) is 0 Å². The number of nitrogens with zero attached hydrogens (tertiary/aromatic N) is 1. The highest BCUT2D eigenvalue weighted by Gasteiger charge is 2.29. The Bertz CT molecular complexity index is 329. The van der Waals surface area contributed by atoms with Crippen LogP contribution < -0.4 is 5.32 Å². The van der Waals surface area contributed by atoms with Crippen LogP contribution in [0.4, 0.5) is 0 Å². The van der Waals surface area contributed by atoms with Gasteiger partial charge in [-0.05, 0) is 45.8 Å². The summed E-state index contributed by atoms with van der Waals surface area (Å²) >= 11 is 0. The summed E-state index contributed by atoms with van der Waals surface area (Å²) in [5.41, 5.74) is 0. The largest absolute Gasteiger partial charge is 0.310 e. The summed E-state index contributed by atoms with van der Waals surface area (Å²) < 4.78 is 22.7. The lowest BCUT2D eigenvalue weighted by Gasteiger charge is -2.20. The molecule has 2 fully saturated rings. The third-order valence-corrected chi connectivity index (χ3v) is 5.42. The van der Waals surface area contributed by atoms with E-state index >= 15 is 0 Å². The molecule has 0 aromatic heterocycles. The molecule has 4 nitrogen and oxygen atoms in total. The van der Waals surface area contributed by atoms with Crippen molar-refractivity contribution >= 4 is 9.84 Å². The molecular weight excluding hydrogens is 224 g/mol. The molecule has 1 N–H and O–H groups in total. The first-order valence-corrected chi connectivity index (χ1v) is 8.02. The van der Waals surface area contributed by atoms with E-state index < -0.39 is 9.84 Å². The van der Waals surface area contributed by atoms with Gasteiger partial charge in [0.25, 0.3) is 0 Å². The lowest BCUT2D eigenvalue weighted by atomic mass is 10.1. The second kappa shape index (κ2) is 5.02. The predicted molar refractivity (Wildman–Crippen MR) is 65.3 cm³/mol.